The Bertz CT molecular complexity index is 1460. The number of aromatic hydroxyl groups is 1. The van der Waals surface area contributed by atoms with Gasteiger partial charge in [-0.15, -0.1) is 11.3 Å². The van der Waals surface area contributed by atoms with Gasteiger partial charge in [-0.2, -0.15) is 0 Å². The zero-order chi connectivity index (χ0) is 24.9. The molecule has 0 saturated heterocycles. The number of thiophene rings is 1. The van der Waals surface area contributed by atoms with Crippen LogP contribution in [0.2, 0.25) is 0 Å². The third-order valence-corrected chi connectivity index (χ3v) is 7.33. The van der Waals surface area contributed by atoms with Crippen LogP contribution in [-0.4, -0.2) is 20.9 Å². The summed E-state index contributed by atoms with van der Waals surface area (Å²) in [4.78, 5) is 32.1. The fourth-order valence-electron chi connectivity index (χ4n) is 3.83. The number of fused-ring (bicyclic) bond motifs is 1. The summed E-state index contributed by atoms with van der Waals surface area (Å²) in [6, 6.07) is 22.5. The van der Waals surface area contributed by atoms with E-state index in [-0.39, 0.29) is 17.2 Å². The van der Waals surface area contributed by atoms with Crippen molar-refractivity contribution < 1.29 is 14.3 Å². The molecule has 0 fully saturated rings. The molecule has 0 aliphatic carbocycles. The molecule has 0 unspecified atom stereocenters. The summed E-state index contributed by atoms with van der Waals surface area (Å²) in [6.07, 6.45) is 1.60. The average Bonchev–Trinajstić information content (AvgIpc) is 3.59. The van der Waals surface area contributed by atoms with Crippen molar-refractivity contribution in [2.45, 2.75) is 24.0 Å². The summed E-state index contributed by atoms with van der Waals surface area (Å²) >= 11 is 2.93. The Hall–Kier alpha value is -3.79. The molecule has 9 heteroatoms. The van der Waals surface area contributed by atoms with Crippen molar-refractivity contribution in [1.29, 1.82) is 0 Å². The minimum Gasteiger partial charge on any atom is -0.508 e. The summed E-state index contributed by atoms with van der Waals surface area (Å²) in [7, 11) is 0. The van der Waals surface area contributed by atoms with E-state index in [4.69, 9.17) is 4.42 Å². The molecule has 7 nitrogen and oxygen atoms in total. The number of furan rings is 1. The van der Waals surface area contributed by atoms with Gasteiger partial charge in [0.15, 0.2) is 0 Å². The van der Waals surface area contributed by atoms with Crippen LogP contribution in [0, 0.1) is 0 Å². The van der Waals surface area contributed by atoms with Crippen LogP contribution < -0.4 is 10.3 Å². The molecule has 3 aromatic heterocycles. The highest BCUT2D eigenvalue weighted by Gasteiger charge is 2.27. The molecule has 1 amide bonds. The quantitative estimate of drug-likeness (QED) is 0.225. The normalized spacial score (nSPS) is 12.0. The van der Waals surface area contributed by atoms with E-state index in [9.17, 15) is 14.7 Å². The fourth-order valence-corrected chi connectivity index (χ4v) is 5.36. The number of hydrogen-bond donors (Lipinski definition) is 3. The Labute approximate surface area is 215 Å². The Morgan fingerprint density at radius 3 is 2.67 bits per heavy atom. The minimum absolute atomic E-state index is 0.122. The third-order valence-electron chi connectivity index (χ3n) is 5.63. The number of rotatable bonds is 9. The highest BCUT2D eigenvalue weighted by atomic mass is 32.2. The number of carbonyl (C=O) groups is 1. The maximum absolute atomic E-state index is 14.0. The zero-order valence-electron chi connectivity index (χ0n) is 19.1. The van der Waals surface area contributed by atoms with Crippen LogP contribution >= 0.6 is 23.3 Å². The molecule has 182 valence electrons. The monoisotopic (exact) mass is 517 g/mol. The lowest BCUT2D eigenvalue weighted by atomic mass is 10.1. The summed E-state index contributed by atoms with van der Waals surface area (Å²) in [5.41, 5.74) is 1.33. The molecule has 0 bridgehead atoms. The van der Waals surface area contributed by atoms with Gasteiger partial charge in [-0.3, -0.25) is 9.59 Å². The molecule has 0 aliphatic rings. The van der Waals surface area contributed by atoms with Crippen LogP contribution in [0.25, 0.3) is 10.9 Å². The number of hydrogen-bond acceptors (Lipinski definition) is 7. The molecule has 3 N–H and O–H groups in total. The van der Waals surface area contributed by atoms with Crippen molar-refractivity contribution in [1.82, 2.24) is 14.6 Å². The predicted molar refractivity (Wildman–Crippen MR) is 142 cm³/mol. The van der Waals surface area contributed by atoms with Crippen LogP contribution in [0.5, 0.6) is 5.75 Å². The molecule has 3 heterocycles. The van der Waals surface area contributed by atoms with Crippen LogP contribution in [-0.2, 0) is 17.9 Å². The van der Waals surface area contributed by atoms with E-state index in [1.807, 2.05) is 47.8 Å². The van der Waals surface area contributed by atoms with Gasteiger partial charge in [-0.05, 0) is 82.9 Å². The van der Waals surface area contributed by atoms with E-state index in [0.717, 1.165) is 26.2 Å². The molecule has 5 rings (SSSR count). The molecule has 2 aromatic carbocycles. The first kappa shape index (κ1) is 23.9. The van der Waals surface area contributed by atoms with Gasteiger partial charge in [0, 0.05) is 21.4 Å². The molecule has 0 saturated carbocycles. The second-order valence-electron chi connectivity index (χ2n) is 8.17. The van der Waals surface area contributed by atoms with Crippen molar-refractivity contribution in [3.05, 3.63) is 117 Å². The van der Waals surface area contributed by atoms with Crippen LogP contribution in [0.15, 0.2) is 105 Å². The summed E-state index contributed by atoms with van der Waals surface area (Å²) in [5, 5.41) is 12.7. The van der Waals surface area contributed by atoms with Crippen molar-refractivity contribution in [2.75, 3.05) is 0 Å². The Morgan fingerprint density at radius 1 is 1.06 bits per heavy atom. The second kappa shape index (κ2) is 10.9. The number of phenolic OH excluding ortho intramolecular Hbond substituents is 1. The van der Waals surface area contributed by atoms with E-state index in [1.165, 1.54) is 18.0 Å². The van der Waals surface area contributed by atoms with Gasteiger partial charge in [0.2, 0.25) is 11.5 Å². The first-order valence-corrected chi connectivity index (χ1v) is 12.9. The number of amides is 1. The lowest BCUT2D eigenvalue weighted by Gasteiger charge is -2.27. The molecule has 1 atom stereocenters. The van der Waals surface area contributed by atoms with E-state index in [1.54, 1.807) is 52.8 Å². The third kappa shape index (κ3) is 5.71. The number of carbonyl (C=O) groups excluding carboxylic acids is 1. The van der Waals surface area contributed by atoms with Crippen molar-refractivity contribution in [3.8, 4) is 5.75 Å². The maximum Gasteiger partial charge on any atom is 0.248 e. The topological polar surface area (TPSA) is 98.6 Å². The number of H-pyrrole nitrogens is 1. The predicted octanol–water partition coefficient (Wildman–Crippen LogP) is 5.46. The number of pyridine rings is 1. The molecule has 5 aromatic rings. The van der Waals surface area contributed by atoms with Crippen LogP contribution in [0.4, 0.5) is 0 Å². The van der Waals surface area contributed by atoms with Gasteiger partial charge in [0.25, 0.3) is 0 Å². The smallest absolute Gasteiger partial charge is 0.248 e. The molecular weight excluding hydrogens is 494 g/mol. The molecular formula is C27H23N3O4S2. The van der Waals surface area contributed by atoms with Gasteiger partial charge in [-0.1, -0.05) is 18.2 Å². The van der Waals surface area contributed by atoms with Crippen molar-refractivity contribution in [3.63, 3.8) is 0 Å². The Kier molecular flexibility index (Phi) is 7.22. The Morgan fingerprint density at radius 2 is 1.92 bits per heavy atom. The molecule has 0 radical (unpaired) electrons. The van der Waals surface area contributed by atoms with Gasteiger partial charge < -0.3 is 19.4 Å². The second-order valence-corrected chi connectivity index (χ2v) is 10.1. The fraction of sp³-hybridized carbons (Fsp3) is 0.111. The van der Waals surface area contributed by atoms with Crippen LogP contribution in [0.1, 0.15) is 22.2 Å². The zero-order valence-corrected chi connectivity index (χ0v) is 20.7. The van der Waals surface area contributed by atoms with E-state index < -0.39 is 6.04 Å². The number of nitrogens with one attached hydrogen (secondary N) is 2. The summed E-state index contributed by atoms with van der Waals surface area (Å²) < 4.78 is 8.87. The van der Waals surface area contributed by atoms with E-state index >= 15 is 0 Å². The standard InChI is InChI=1S/C27H23N3O4S2/c31-20-8-5-18(6-9-20)26(29-36-22-10-11-24-19(15-22)7-12-25(32)28-24)27(33)30(16-21-3-1-13-34-21)17-23-4-2-14-35-23/h1-15,26,29,31H,16-17H2,(H,28,32)/t26-/m1/s1. The lowest BCUT2D eigenvalue weighted by molar-refractivity contribution is -0.134. The SMILES string of the molecule is O=C([C@H](NSc1ccc2[nH]c(=O)ccc2c1)c1ccc(O)cc1)N(Cc1ccco1)Cc1cccs1. The Balaban J connectivity index is 1.43. The van der Waals surface area contributed by atoms with Gasteiger partial charge in [-0.25, -0.2) is 4.72 Å². The number of aromatic nitrogens is 1. The largest absolute Gasteiger partial charge is 0.508 e. The maximum atomic E-state index is 14.0. The highest BCUT2D eigenvalue weighted by molar-refractivity contribution is 7.97. The number of benzene rings is 2. The molecule has 0 spiro atoms. The summed E-state index contributed by atoms with van der Waals surface area (Å²) in [6.45, 7) is 0.773. The number of aromatic amines is 1. The summed E-state index contributed by atoms with van der Waals surface area (Å²) in [5.74, 6) is 0.704. The molecule has 36 heavy (non-hydrogen) atoms. The molecule has 0 aliphatic heterocycles. The lowest BCUT2D eigenvalue weighted by Crippen LogP contribution is -2.38. The minimum atomic E-state index is -0.684. The first-order valence-electron chi connectivity index (χ1n) is 11.2. The average molecular weight is 518 g/mol. The number of phenols is 1. The highest BCUT2D eigenvalue weighted by Crippen LogP contribution is 2.28. The van der Waals surface area contributed by atoms with Crippen LogP contribution in [0.3, 0.4) is 0 Å². The number of nitrogens with zero attached hydrogens (tertiary/aromatic N) is 1. The van der Waals surface area contributed by atoms with Gasteiger partial charge in [0.05, 0.1) is 19.4 Å². The first-order chi connectivity index (χ1) is 17.5. The van der Waals surface area contributed by atoms with Crippen molar-refractivity contribution in [2.24, 2.45) is 0 Å². The van der Waals surface area contributed by atoms with Gasteiger partial charge in [0.1, 0.15) is 17.6 Å². The van der Waals surface area contributed by atoms with E-state index in [0.29, 0.717) is 18.8 Å². The van der Waals surface area contributed by atoms with Crippen molar-refractivity contribution >= 4 is 40.1 Å². The van der Waals surface area contributed by atoms with E-state index in [2.05, 4.69) is 9.71 Å². The van der Waals surface area contributed by atoms with Gasteiger partial charge >= 0.3 is 0 Å².